The number of hydrogen-bond donors (Lipinski definition) is 2. The van der Waals surface area contributed by atoms with E-state index in [0.29, 0.717) is 5.02 Å². The van der Waals surface area contributed by atoms with Gasteiger partial charge in [0, 0.05) is 16.1 Å². The maximum Gasteiger partial charge on any atom is 0.335 e. The molecule has 0 aliphatic carbocycles. The molecule has 18 heavy (non-hydrogen) atoms. The van der Waals surface area contributed by atoms with Gasteiger partial charge in [-0.1, -0.05) is 11.6 Å². The first kappa shape index (κ1) is 12.4. The Morgan fingerprint density at radius 2 is 1.83 bits per heavy atom. The molecule has 0 amide bonds. The molecule has 3 nitrogen and oxygen atoms in total. The Morgan fingerprint density at radius 1 is 1.11 bits per heavy atom. The minimum atomic E-state index is -1.17. The number of phenolic OH excluding ortho intramolecular Hbond substituents is 1. The fourth-order valence-electron chi connectivity index (χ4n) is 1.59. The van der Waals surface area contributed by atoms with Crippen LogP contribution < -0.4 is 0 Å². The van der Waals surface area contributed by atoms with E-state index in [-0.39, 0.29) is 22.4 Å². The summed E-state index contributed by atoms with van der Waals surface area (Å²) in [5, 5.41) is 18.9. The second-order valence-electron chi connectivity index (χ2n) is 3.66. The summed E-state index contributed by atoms with van der Waals surface area (Å²) in [6.45, 7) is 0. The maximum absolute atomic E-state index is 13.7. The van der Waals surface area contributed by atoms with E-state index in [9.17, 15) is 14.3 Å². The van der Waals surface area contributed by atoms with Crippen LogP contribution in [0.3, 0.4) is 0 Å². The van der Waals surface area contributed by atoms with Crippen molar-refractivity contribution in [1.29, 1.82) is 0 Å². The molecule has 0 radical (unpaired) electrons. The molecule has 0 heterocycles. The standard InChI is InChI=1S/C13H8ClFO3/c14-8-2-4-12(16)10(6-8)9-5-7(13(17)18)1-3-11(9)15/h1-6,16H,(H,17,18). The smallest absolute Gasteiger partial charge is 0.335 e. The molecule has 92 valence electrons. The monoisotopic (exact) mass is 266 g/mol. The molecular formula is C13H8ClFO3. The van der Waals surface area contributed by atoms with Crippen molar-refractivity contribution in [3.05, 3.63) is 52.8 Å². The highest BCUT2D eigenvalue weighted by molar-refractivity contribution is 6.31. The Labute approximate surface area is 107 Å². The van der Waals surface area contributed by atoms with Crippen LogP contribution in [0.15, 0.2) is 36.4 Å². The minimum absolute atomic E-state index is 0.00472. The van der Waals surface area contributed by atoms with Gasteiger partial charge in [0.15, 0.2) is 0 Å². The number of aromatic carboxylic acids is 1. The SMILES string of the molecule is O=C(O)c1ccc(F)c(-c2cc(Cl)ccc2O)c1. The molecule has 0 atom stereocenters. The first-order chi connectivity index (χ1) is 8.49. The number of carboxylic acids is 1. The van der Waals surface area contributed by atoms with Crippen LogP contribution in [0.2, 0.25) is 5.02 Å². The highest BCUT2D eigenvalue weighted by Crippen LogP contribution is 2.33. The van der Waals surface area contributed by atoms with Gasteiger partial charge in [0.2, 0.25) is 0 Å². The molecule has 0 aliphatic rings. The molecule has 2 N–H and O–H groups in total. The third-order valence-corrected chi connectivity index (χ3v) is 2.70. The Kier molecular flexibility index (Phi) is 3.21. The van der Waals surface area contributed by atoms with Crippen molar-refractivity contribution >= 4 is 17.6 Å². The molecule has 2 aromatic rings. The van der Waals surface area contributed by atoms with E-state index < -0.39 is 11.8 Å². The van der Waals surface area contributed by atoms with Crippen molar-refractivity contribution in [2.45, 2.75) is 0 Å². The average molecular weight is 267 g/mol. The lowest BCUT2D eigenvalue weighted by Gasteiger charge is -2.07. The van der Waals surface area contributed by atoms with E-state index in [1.165, 1.54) is 18.2 Å². The van der Waals surface area contributed by atoms with Crippen LogP contribution >= 0.6 is 11.6 Å². The molecule has 0 aromatic heterocycles. The molecule has 0 saturated carbocycles. The van der Waals surface area contributed by atoms with Crippen LogP contribution in [0.4, 0.5) is 4.39 Å². The zero-order valence-electron chi connectivity index (χ0n) is 9.02. The largest absolute Gasteiger partial charge is 0.507 e. The Morgan fingerprint density at radius 3 is 2.50 bits per heavy atom. The van der Waals surface area contributed by atoms with Gasteiger partial charge in [0.25, 0.3) is 0 Å². The number of carboxylic acid groups (broad SMARTS) is 1. The normalized spacial score (nSPS) is 10.3. The van der Waals surface area contributed by atoms with E-state index >= 15 is 0 Å². The average Bonchev–Trinajstić information content (AvgIpc) is 2.33. The van der Waals surface area contributed by atoms with Crippen molar-refractivity contribution < 1.29 is 19.4 Å². The van der Waals surface area contributed by atoms with Crippen molar-refractivity contribution in [3.63, 3.8) is 0 Å². The van der Waals surface area contributed by atoms with Gasteiger partial charge in [-0.3, -0.25) is 0 Å². The second-order valence-corrected chi connectivity index (χ2v) is 4.10. The number of hydrogen-bond acceptors (Lipinski definition) is 2. The van der Waals surface area contributed by atoms with Crippen molar-refractivity contribution in [1.82, 2.24) is 0 Å². The minimum Gasteiger partial charge on any atom is -0.507 e. The predicted molar refractivity (Wildman–Crippen MR) is 65.5 cm³/mol. The van der Waals surface area contributed by atoms with Gasteiger partial charge in [0.05, 0.1) is 5.56 Å². The molecule has 0 saturated heterocycles. The lowest BCUT2D eigenvalue weighted by Crippen LogP contribution is -1.97. The summed E-state index contributed by atoms with van der Waals surface area (Å²) >= 11 is 5.77. The summed E-state index contributed by atoms with van der Waals surface area (Å²) in [6.07, 6.45) is 0. The van der Waals surface area contributed by atoms with E-state index in [1.807, 2.05) is 0 Å². The zero-order chi connectivity index (χ0) is 13.3. The van der Waals surface area contributed by atoms with Crippen LogP contribution in [0.25, 0.3) is 11.1 Å². The summed E-state index contributed by atoms with van der Waals surface area (Å²) in [7, 11) is 0. The lowest BCUT2D eigenvalue weighted by molar-refractivity contribution is 0.0697. The fraction of sp³-hybridized carbons (Fsp3) is 0. The van der Waals surface area contributed by atoms with Gasteiger partial charge in [-0.25, -0.2) is 9.18 Å². The molecule has 2 rings (SSSR count). The van der Waals surface area contributed by atoms with Crippen LogP contribution in [-0.4, -0.2) is 16.2 Å². The van der Waals surface area contributed by atoms with Gasteiger partial charge in [-0.2, -0.15) is 0 Å². The molecular weight excluding hydrogens is 259 g/mol. The molecule has 0 aliphatic heterocycles. The van der Waals surface area contributed by atoms with Gasteiger partial charge < -0.3 is 10.2 Å². The summed E-state index contributed by atoms with van der Waals surface area (Å²) in [6, 6.07) is 7.51. The van der Waals surface area contributed by atoms with Crippen molar-refractivity contribution in [2.24, 2.45) is 0 Å². The van der Waals surface area contributed by atoms with Crippen molar-refractivity contribution in [3.8, 4) is 16.9 Å². The van der Waals surface area contributed by atoms with E-state index in [0.717, 1.165) is 18.2 Å². The number of benzene rings is 2. The Hall–Kier alpha value is -2.07. The predicted octanol–water partition coefficient (Wildman–Crippen LogP) is 3.55. The highest BCUT2D eigenvalue weighted by atomic mass is 35.5. The maximum atomic E-state index is 13.7. The Balaban J connectivity index is 2.66. The van der Waals surface area contributed by atoms with Gasteiger partial charge in [0.1, 0.15) is 11.6 Å². The summed E-state index contributed by atoms with van der Waals surface area (Å²) in [5.74, 6) is -1.96. The quantitative estimate of drug-likeness (QED) is 0.874. The van der Waals surface area contributed by atoms with E-state index in [2.05, 4.69) is 0 Å². The number of halogens is 2. The zero-order valence-corrected chi connectivity index (χ0v) is 9.78. The van der Waals surface area contributed by atoms with Gasteiger partial charge >= 0.3 is 5.97 Å². The van der Waals surface area contributed by atoms with Crippen LogP contribution in [0.5, 0.6) is 5.75 Å². The number of aromatic hydroxyl groups is 1. The topological polar surface area (TPSA) is 57.5 Å². The molecule has 0 unspecified atom stereocenters. The lowest BCUT2D eigenvalue weighted by atomic mass is 10.0. The van der Waals surface area contributed by atoms with Gasteiger partial charge in [-0.05, 0) is 36.4 Å². The van der Waals surface area contributed by atoms with Crippen molar-refractivity contribution in [2.75, 3.05) is 0 Å². The van der Waals surface area contributed by atoms with Gasteiger partial charge in [-0.15, -0.1) is 0 Å². The summed E-state index contributed by atoms with van der Waals surface area (Å²) < 4.78 is 13.7. The first-order valence-corrected chi connectivity index (χ1v) is 5.38. The number of carbonyl (C=O) groups is 1. The van der Waals surface area contributed by atoms with E-state index in [4.69, 9.17) is 16.7 Å². The van der Waals surface area contributed by atoms with Crippen LogP contribution in [0, 0.1) is 5.82 Å². The molecule has 0 bridgehead atoms. The van der Waals surface area contributed by atoms with Crippen LogP contribution in [0.1, 0.15) is 10.4 Å². The summed E-state index contributed by atoms with van der Waals surface area (Å²) in [5.41, 5.74) is 0.0868. The highest BCUT2D eigenvalue weighted by Gasteiger charge is 2.13. The van der Waals surface area contributed by atoms with Crippen LogP contribution in [-0.2, 0) is 0 Å². The first-order valence-electron chi connectivity index (χ1n) is 5.01. The molecule has 0 fully saturated rings. The number of phenols is 1. The Bertz CT molecular complexity index is 626. The second kappa shape index (κ2) is 4.66. The third kappa shape index (κ3) is 2.28. The number of rotatable bonds is 2. The van der Waals surface area contributed by atoms with E-state index in [1.54, 1.807) is 0 Å². The third-order valence-electron chi connectivity index (χ3n) is 2.46. The summed E-state index contributed by atoms with van der Waals surface area (Å²) in [4.78, 5) is 10.8. The fourth-order valence-corrected chi connectivity index (χ4v) is 1.76. The molecule has 5 heteroatoms. The molecule has 0 spiro atoms. The molecule has 2 aromatic carbocycles.